The number of halogens is 3. The molecule has 0 saturated carbocycles. The summed E-state index contributed by atoms with van der Waals surface area (Å²) in [6, 6.07) is 3.12. The van der Waals surface area contributed by atoms with Gasteiger partial charge in [-0.15, -0.1) is 0 Å². The molecule has 7 heteroatoms. The molecule has 2 aromatic heterocycles. The first-order valence-electron chi connectivity index (χ1n) is 7.42. The Kier molecular flexibility index (Phi) is 5.30. The fourth-order valence-corrected chi connectivity index (χ4v) is 2.94. The second-order valence-electron chi connectivity index (χ2n) is 5.49. The van der Waals surface area contributed by atoms with Gasteiger partial charge in [-0.3, -0.25) is 0 Å². The van der Waals surface area contributed by atoms with E-state index in [-0.39, 0.29) is 0 Å². The molecule has 1 aliphatic rings. The van der Waals surface area contributed by atoms with E-state index in [1.54, 1.807) is 6.20 Å². The van der Waals surface area contributed by atoms with Crippen LogP contribution in [-0.4, -0.2) is 29.7 Å². The lowest BCUT2D eigenvalue weighted by atomic mass is 10.0. The van der Waals surface area contributed by atoms with Crippen molar-refractivity contribution in [1.29, 1.82) is 0 Å². The smallest absolute Gasteiger partial charge is 0.213 e. The maximum atomic E-state index is 13.4. The fourth-order valence-electron chi connectivity index (χ4n) is 2.56. The Labute approximate surface area is 144 Å². The van der Waals surface area contributed by atoms with Gasteiger partial charge >= 0.3 is 0 Å². The molecule has 23 heavy (non-hydrogen) atoms. The molecule has 122 valence electrons. The van der Waals surface area contributed by atoms with Crippen molar-refractivity contribution in [2.75, 3.05) is 25.1 Å². The van der Waals surface area contributed by atoms with E-state index in [1.807, 2.05) is 6.07 Å². The monoisotopic (exact) mass is 355 g/mol. The highest BCUT2D eigenvalue weighted by molar-refractivity contribution is 6.33. The van der Waals surface area contributed by atoms with Crippen molar-refractivity contribution < 1.29 is 9.13 Å². The minimum Gasteiger partial charge on any atom is -0.382 e. The van der Waals surface area contributed by atoms with Crippen LogP contribution in [0.25, 0.3) is 11.1 Å². The van der Waals surface area contributed by atoms with Gasteiger partial charge in [0.1, 0.15) is 0 Å². The molecule has 0 radical (unpaired) electrons. The number of pyridine rings is 2. The standard InChI is InChI=1S/C16H16Cl2FN3O/c17-13-9-21-15(19)6-12(13)11-5-14(16(18)22-8-11)20-7-10-1-3-23-4-2-10/h5-6,8-10,20H,1-4,7H2. The second kappa shape index (κ2) is 7.43. The number of ether oxygens (including phenoxy) is 1. The van der Waals surface area contributed by atoms with Crippen LogP contribution in [0.5, 0.6) is 0 Å². The van der Waals surface area contributed by atoms with Crippen molar-refractivity contribution in [3.63, 3.8) is 0 Å². The van der Waals surface area contributed by atoms with E-state index in [9.17, 15) is 4.39 Å². The van der Waals surface area contributed by atoms with Gasteiger partial charge in [-0.05, 0) is 24.8 Å². The summed E-state index contributed by atoms with van der Waals surface area (Å²) < 4.78 is 18.7. The number of hydrogen-bond acceptors (Lipinski definition) is 4. The molecule has 0 spiro atoms. The molecule has 0 amide bonds. The normalized spacial score (nSPS) is 15.6. The first-order valence-corrected chi connectivity index (χ1v) is 8.17. The van der Waals surface area contributed by atoms with Gasteiger partial charge in [-0.2, -0.15) is 4.39 Å². The molecule has 2 aromatic rings. The third kappa shape index (κ3) is 4.10. The van der Waals surface area contributed by atoms with Crippen molar-refractivity contribution >= 4 is 28.9 Å². The van der Waals surface area contributed by atoms with Crippen LogP contribution in [0.2, 0.25) is 10.2 Å². The van der Waals surface area contributed by atoms with Crippen LogP contribution in [0, 0.1) is 11.9 Å². The van der Waals surface area contributed by atoms with Gasteiger partial charge in [0.2, 0.25) is 5.95 Å². The van der Waals surface area contributed by atoms with Crippen LogP contribution >= 0.6 is 23.2 Å². The van der Waals surface area contributed by atoms with Gasteiger partial charge in [0.25, 0.3) is 0 Å². The first-order chi connectivity index (χ1) is 11.1. The lowest BCUT2D eigenvalue weighted by Crippen LogP contribution is -2.22. The average Bonchev–Trinajstić information content (AvgIpc) is 2.57. The maximum Gasteiger partial charge on any atom is 0.213 e. The number of aromatic nitrogens is 2. The molecule has 1 N–H and O–H groups in total. The Morgan fingerprint density at radius 3 is 2.74 bits per heavy atom. The maximum absolute atomic E-state index is 13.4. The zero-order valence-electron chi connectivity index (χ0n) is 12.4. The van der Waals surface area contributed by atoms with Gasteiger partial charge in [0.05, 0.1) is 10.7 Å². The highest BCUT2D eigenvalue weighted by Crippen LogP contribution is 2.31. The number of nitrogens with one attached hydrogen (secondary N) is 1. The highest BCUT2D eigenvalue weighted by Gasteiger charge is 2.15. The van der Waals surface area contributed by atoms with Crippen molar-refractivity contribution in [1.82, 2.24) is 9.97 Å². The number of nitrogens with zero attached hydrogens (tertiary/aromatic N) is 2. The molecular formula is C16H16Cl2FN3O. The minimum atomic E-state index is -0.587. The van der Waals surface area contributed by atoms with Crippen LogP contribution in [0.15, 0.2) is 24.5 Å². The predicted octanol–water partition coefficient (Wildman–Crippen LogP) is 4.43. The molecule has 1 fully saturated rings. The van der Waals surface area contributed by atoms with Crippen molar-refractivity contribution in [2.24, 2.45) is 5.92 Å². The molecule has 1 aliphatic heterocycles. The summed E-state index contributed by atoms with van der Waals surface area (Å²) in [6.45, 7) is 2.39. The quantitative estimate of drug-likeness (QED) is 0.824. The lowest BCUT2D eigenvalue weighted by Gasteiger charge is -2.23. The summed E-state index contributed by atoms with van der Waals surface area (Å²) in [6.07, 6.45) is 4.91. The molecular weight excluding hydrogens is 340 g/mol. The number of rotatable bonds is 4. The second-order valence-corrected chi connectivity index (χ2v) is 6.25. The lowest BCUT2D eigenvalue weighted by molar-refractivity contribution is 0.0699. The van der Waals surface area contributed by atoms with Crippen LogP contribution < -0.4 is 5.32 Å². The summed E-state index contributed by atoms with van der Waals surface area (Å²) in [5.41, 5.74) is 1.94. The van der Waals surface area contributed by atoms with Gasteiger partial charge in [-0.1, -0.05) is 23.2 Å². The van der Waals surface area contributed by atoms with E-state index in [0.717, 1.165) is 32.6 Å². The van der Waals surface area contributed by atoms with E-state index in [2.05, 4.69) is 15.3 Å². The molecule has 4 nitrogen and oxygen atoms in total. The molecule has 1 saturated heterocycles. The molecule has 0 bridgehead atoms. The topological polar surface area (TPSA) is 47.0 Å². The Bertz CT molecular complexity index is 693. The third-order valence-corrected chi connectivity index (χ3v) is 4.50. The molecule has 0 unspecified atom stereocenters. The number of anilines is 1. The molecule has 0 aliphatic carbocycles. The van der Waals surface area contributed by atoms with Gasteiger partial charge in [-0.25, -0.2) is 9.97 Å². The summed E-state index contributed by atoms with van der Waals surface area (Å²) in [7, 11) is 0. The van der Waals surface area contributed by atoms with Crippen molar-refractivity contribution in [3.05, 3.63) is 40.6 Å². The van der Waals surface area contributed by atoms with E-state index in [0.29, 0.717) is 32.9 Å². The van der Waals surface area contributed by atoms with Crippen LogP contribution in [-0.2, 0) is 4.74 Å². The third-order valence-electron chi connectivity index (χ3n) is 3.89. The van der Waals surface area contributed by atoms with E-state index in [1.165, 1.54) is 12.3 Å². The Morgan fingerprint density at radius 2 is 1.96 bits per heavy atom. The van der Waals surface area contributed by atoms with Crippen molar-refractivity contribution in [3.8, 4) is 11.1 Å². The molecule has 0 aromatic carbocycles. The summed E-state index contributed by atoms with van der Waals surface area (Å²) in [4.78, 5) is 7.70. The van der Waals surface area contributed by atoms with Gasteiger partial charge in [0, 0.05) is 49.3 Å². The Morgan fingerprint density at radius 1 is 1.17 bits per heavy atom. The molecule has 0 atom stereocenters. The Balaban J connectivity index is 1.79. The van der Waals surface area contributed by atoms with Gasteiger partial charge < -0.3 is 10.1 Å². The largest absolute Gasteiger partial charge is 0.382 e. The van der Waals surface area contributed by atoms with E-state index >= 15 is 0 Å². The van der Waals surface area contributed by atoms with Crippen LogP contribution in [0.3, 0.4) is 0 Å². The average molecular weight is 356 g/mol. The fraction of sp³-hybridized carbons (Fsp3) is 0.375. The zero-order chi connectivity index (χ0) is 16.2. The SMILES string of the molecule is Fc1cc(-c2cnc(Cl)c(NCC3CCOCC3)c2)c(Cl)cn1. The van der Waals surface area contributed by atoms with Gasteiger partial charge in [0.15, 0.2) is 5.15 Å². The van der Waals surface area contributed by atoms with Crippen LogP contribution in [0.1, 0.15) is 12.8 Å². The summed E-state index contributed by atoms with van der Waals surface area (Å²) in [5, 5.41) is 4.07. The molecule has 3 heterocycles. The molecule has 3 rings (SSSR count). The first kappa shape index (κ1) is 16.4. The van der Waals surface area contributed by atoms with E-state index < -0.39 is 5.95 Å². The van der Waals surface area contributed by atoms with Crippen molar-refractivity contribution in [2.45, 2.75) is 12.8 Å². The number of hydrogen-bond donors (Lipinski definition) is 1. The highest BCUT2D eigenvalue weighted by atomic mass is 35.5. The minimum absolute atomic E-state index is 0.367. The van der Waals surface area contributed by atoms with E-state index in [4.69, 9.17) is 27.9 Å². The predicted molar refractivity (Wildman–Crippen MR) is 89.5 cm³/mol. The van der Waals surface area contributed by atoms with Crippen LogP contribution in [0.4, 0.5) is 10.1 Å². The Hall–Kier alpha value is -1.43. The summed E-state index contributed by atoms with van der Waals surface area (Å²) >= 11 is 12.3. The summed E-state index contributed by atoms with van der Waals surface area (Å²) in [5.74, 6) is -0.0403. The zero-order valence-corrected chi connectivity index (χ0v) is 13.9.